The Morgan fingerprint density at radius 1 is 1.40 bits per heavy atom. The Balaban J connectivity index is 1.96. The molecule has 2 heterocycles. The van der Waals surface area contributed by atoms with Crippen molar-refractivity contribution in [2.45, 2.75) is 32.4 Å². The second-order valence-corrected chi connectivity index (χ2v) is 6.97. The molecule has 1 aromatic carbocycles. The molecular weight excluding hydrogens is 334 g/mol. The van der Waals surface area contributed by atoms with Crippen molar-refractivity contribution in [1.29, 1.82) is 0 Å². The molecule has 1 aromatic heterocycles. The van der Waals surface area contributed by atoms with E-state index < -0.39 is 0 Å². The molecule has 0 radical (unpaired) electrons. The van der Waals surface area contributed by atoms with Gasteiger partial charge < -0.3 is 10.1 Å². The zero-order valence-electron chi connectivity index (χ0n) is 11.7. The normalized spacial score (nSPS) is 21.4. The van der Waals surface area contributed by atoms with Crippen molar-refractivity contribution >= 4 is 27.3 Å². The maximum Gasteiger partial charge on any atom is 0.135 e. The molecule has 1 aliphatic rings. The van der Waals surface area contributed by atoms with Crippen molar-refractivity contribution in [3.8, 4) is 5.75 Å². The maximum atomic E-state index is 6.24. The van der Waals surface area contributed by atoms with Crippen molar-refractivity contribution in [2.24, 2.45) is 0 Å². The monoisotopic (exact) mass is 351 g/mol. The van der Waals surface area contributed by atoms with Crippen LogP contribution in [0.15, 0.2) is 34.1 Å². The first-order valence-electron chi connectivity index (χ1n) is 6.92. The predicted molar refractivity (Wildman–Crippen MR) is 87.6 cm³/mol. The van der Waals surface area contributed by atoms with E-state index in [0.29, 0.717) is 6.04 Å². The second kappa shape index (κ2) is 5.88. The molecule has 0 saturated heterocycles. The summed E-state index contributed by atoms with van der Waals surface area (Å²) in [6.45, 7) is 5.28. The zero-order chi connectivity index (χ0) is 14.1. The third kappa shape index (κ3) is 2.65. The minimum absolute atomic E-state index is 0.160. The second-order valence-electron chi connectivity index (χ2n) is 5.10. The molecule has 0 amide bonds. The molecule has 0 saturated carbocycles. The van der Waals surface area contributed by atoms with Gasteiger partial charge in [0.15, 0.2) is 0 Å². The Morgan fingerprint density at radius 2 is 2.25 bits per heavy atom. The zero-order valence-corrected chi connectivity index (χ0v) is 14.1. The fourth-order valence-electron chi connectivity index (χ4n) is 2.76. The highest BCUT2D eigenvalue weighted by Crippen LogP contribution is 2.43. The molecule has 3 rings (SSSR count). The van der Waals surface area contributed by atoms with E-state index >= 15 is 0 Å². The molecule has 0 spiro atoms. The van der Waals surface area contributed by atoms with Crippen LogP contribution < -0.4 is 10.1 Å². The van der Waals surface area contributed by atoms with Crippen molar-refractivity contribution in [3.05, 3.63) is 50.1 Å². The van der Waals surface area contributed by atoms with Gasteiger partial charge in [0.25, 0.3) is 0 Å². The Labute approximate surface area is 132 Å². The van der Waals surface area contributed by atoms with Crippen molar-refractivity contribution in [3.63, 3.8) is 0 Å². The summed E-state index contributed by atoms with van der Waals surface area (Å²) in [4.78, 5) is 1.35. The number of nitrogens with one attached hydrogen (secondary N) is 1. The molecule has 2 atom stereocenters. The van der Waals surface area contributed by atoms with E-state index in [2.05, 4.69) is 58.7 Å². The van der Waals surface area contributed by atoms with Crippen LogP contribution in [-0.4, -0.2) is 6.54 Å². The third-order valence-corrected chi connectivity index (χ3v) is 5.32. The number of ether oxygens (including phenoxy) is 1. The van der Waals surface area contributed by atoms with E-state index in [1.165, 1.54) is 16.0 Å². The fraction of sp³-hybridized carbons (Fsp3) is 0.375. The van der Waals surface area contributed by atoms with Gasteiger partial charge in [-0.3, -0.25) is 0 Å². The quantitative estimate of drug-likeness (QED) is 0.840. The standard InChI is InChI=1S/C16H18BrNOS/c1-3-18-13-9-15(16-10(2)6-7-20-16)19-14-5-4-11(17)8-12(13)14/h4-8,13,15,18H,3,9H2,1-2H3. The lowest BCUT2D eigenvalue weighted by molar-refractivity contribution is 0.154. The van der Waals surface area contributed by atoms with E-state index in [9.17, 15) is 0 Å². The van der Waals surface area contributed by atoms with E-state index in [-0.39, 0.29) is 6.10 Å². The lowest BCUT2D eigenvalue weighted by Gasteiger charge is -2.32. The van der Waals surface area contributed by atoms with Crippen molar-refractivity contribution in [1.82, 2.24) is 5.32 Å². The number of halogens is 1. The molecule has 0 bridgehead atoms. The highest BCUT2D eigenvalue weighted by Gasteiger charge is 2.30. The van der Waals surface area contributed by atoms with Crippen LogP contribution in [0.3, 0.4) is 0 Å². The summed E-state index contributed by atoms with van der Waals surface area (Å²) in [7, 11) is 0. The lowest BCUT2D eigenvalue weighted by Crippen LogP contribution is -2.28. The summed E-state index contributed by atoms with van der Waals surface area (Å²) in [6.07, 6.45) is 1.14. The van der Waals surface area contributed by atoms with Gasteiger partial charge in [-0.1, -0.05) is 22.9 Å². The number of hydrogen-bond donors (Lipinski definition) is 1. The highest BCUT2D eigenvalue weighted by molar-refractivity contribution is 9.10. The van der Waals surface area contributed by atoms with Crippen LogP contribution in [0.25, 0.3) is 0 Å². The molecule has 2 nitrogen and oxygen atoms in total. The average molecular weight is 352 g/mol. The SMILES string of the molecule is CCNC1CC(c2sccc2C)Oc2ccc(Br)cc21. The Hall–Kier alpha value is -0.840. The van der Waals surface area contributed by atoms with Gasteiger partial charge in [-0.05, 0) is 48.7 Å². The largest absolute Gasteiger partial charge is 0.484 e. The van der Waals surface area contributed by atoms with Crippen LogP contribution in [0, 0.1) is 6.92 Å². The summed E-state index contributed by atoms with van der Waals surface area (Å²) in [6, 6.07) is 8.81. The van der Waals surface area contributed by atoms with E-state index in [0.717, 1.165) is 23.2 Å². The topological polar surface area (TPSA) is 21.3 Å². The molecule has 2 aromatic rings. The smallest absolute Gasteiger partial charge is 0.135 e. The van der Waals surface area contributed by atoms with Gasteiger partial charge in [-0.2, -0.15) is 0 Å². The number of thiophene rings is 1. The van der Waals surface area contributed by atoms with Crippen LogP contribution in [0.1, 0.15) is 41.5 Å². The molecular formula is C16H18BrNOS. The van der Waals surface area contributed by atoms with Crippen LogP contribution in [0.4, 0.5) is 0 Å². The molecule has 106 valence electrons. The van der Waals surface area contributed by atoms with E-state index in [1.54, 1.807) is 11.3 Å². The number of aryl methyl sites for hydroxylation is 1. The number of rotatable bonds is 3. The van der Waals surface area contributed by atoms with Gasteiger partial charge in [0.2, 0.25) is 0 Å². The van der Waals surface area contributed by atoms with Gasteiger partial charge in [-0.15, -0.1) is 11.3 Å². The van der Waals surface area contributed by atoms with Gasteiger partial charge >= 0.3 is 0 Å². The number of fused-ring (bicyclic) bond motifs is 1. The molecule has 1 aliphatic heterocycles. The lowest BCUT2D eigenvalue weighted by atomic mass is 9.95. The van der Waals surface area contributed by atoms with E-state index in [4.69, 9.17) is 4.74 Å². The summed E-state index contributed by atoms with van der Waals surface area (Å²) in [5.41, 5.74) is 2.59. The molecule has 0 aliphatic carbocycles. The van der Waals surface area contributed by atoms with Crippen LogP contribution in [0.5, 0.6) is 5.75 Å². The molecule has 4 heteroatoms. The summed E-state index contributed by atoms with van der Waals surface area (Å²) < 4.78 is 7.34. The van der Waals surface area contributed by atoms with Crippen LogP contribution in [-0.2, 0) is 0 Å². The Morgan fingerprint density at radius 3 is 2.95 bits per heavy atom. The summed E-state index contributed by atoms with van der Waals surface area (Å²) in [5, 5.41) is 5.73. The fourth-order valence-corrected chi connectivity index (χ4v) is 4.10. The van der Waals surface area contributed by atoms with Crippen molar-refractivity contribution < 1.29 is 4.74 Å². The first-order valence-corrected chi connectivity index (χ1v) is 8.59. The molecule has 0 fully saturated rings. The number of benzene rings is 1. The van der Waals surface area contributed by atoms with Gasteiger partial charge in [0.1, 0.15) is 11.9 Å². The van der Waals surface area contributed by atoms with Crippen LogP contribution in [0.2, 0.25) is 0 Å². The number of hydrogen-bond acceptors (Lipinski definition) is 3. The van der Waals surface area contributed by atoms with E-state index in [1.807, 2.05) is 6.07 Å². The Kier molecular flexibility index (Phi) is 4.15. The minimum atomic E-state index is 0.160. The van der Waals surface area contributed by atoms with Gasteiger partial charge in [-0.25, -0.2) is 0 Å². The highest BCUT2D eigenvalue weighted by atomic mass is 79.9. The first-order chi connectivity index (χ1) is 9.69. The molecule has 2 unspecified atom stereocenters. The Bertz CT molecular complexity index is 610. The third-order valence-electron chi connectivity index (χ3n) is 3.71. The minimum Gasteiger partial charge on any atom is -0.484 e. The van der Waals surface area contributed by atoms with Gasteiger partial charge in [0.05, 0.1) is 0 Å². The van der Waals surface area contributed by atoms with Crippen molar-refractivity contribution in [2.75, 3.05) is 6.54 Å². The maximum absolute atomic E-state index is 6.24. The predicted octanol–water partition coefficient (Wildman–Crippen LogP) is 4.99. The van der Waals surface area contributed by atoms with Crippen LogP contribution >= 0.6 is 27.3 Å². The summed E-state index contributed by atoms with van der Waals surface area (Å²) in [5.74, 6) is 1.00. The summed E-state index contributed by atoms with van der Waals surface area (Å²) >= 11 is 5.35. The van der Waals surface area contributed by atoms with Gasteiger partial charge in [0, 0.05) is 27.4 Å². The molecule has 20 heavy (non-hydrogen) atoms. The first kappa shape index (κ1) is 14.1. The average Bonchev–Trinajstić information content (AvgIpc) is 2.85. The molecule has 1 N–H and O–H groups in total.